The van der Waals surface area contributed by atoms with E-state index in [0.29, 0.717) is 6.04 Å². The molecule has 1 fully saturated rings. The summed E-state index contributed by atoms with van der Waals surface area (Å²) in [6, 6.07) is 5.18. The second-order valence-electron chi connectivity index (χ2n) is 5.11. The van der Waals surface area contributed by atoms with Crippen molar-refractivity contribution in [2.24, 2.45) is 0 Å². The van der Waals surface area contributed by atoms with Gasteiger partial charge in [0.2, 0.25) is 5.91 Å². The van der Waals surface area contributed by atoms with Crippen LogP contribution in [0, 0.1) is 5.82 Å². The number of carbonyl (C=O) groups is 1. The summed E-state index contributed by atoms with van der Waals surface area (Å²) in [6.07, 6.45) is 6.74. The molecule has 0 aliphatic heterocycles. The van der Waals surface area contributed by atoms with E-state index in [1.54, 1.807) is 6.08 Å². The molecule has 2 nitrogen and oxygen atoms in total. The van der Waals surface area contributed by atoms with Gasteiger partial charge in [0, 0.05) is 12.1 Å². The van der Waals surface area contributed by atoms with E-state index in [2.05, 4.69) is 5.32 Å². The Morgan fingerprint density at radius 2 is 2.17 bits per heavy atom. The molecule has 3 rings (SSSR count). The predicted octanol–water partition coefficient (Wildman–Crippen LogP) is 2.82. The lowest BCUT2D eigenvalue weighted by atomic mass is 9.93. The Hall–Kier alpha value is -1.64. The molecule has 0 radical (unpaired) electrons. The molecule has 94 valence electrons. The summed E-state index contributed by atoms with van der Waals surface area (Å²) in [4.78, 5) is 11.8. The first-order valence-electron chi connectivity index (χ1n) is 6.52. The summed E-state index contributed by atoms with van der Waals surface area (Å²) in [5.74, 6) is -0.271. The van der Waals surface area contributed by atoms with Crippen LogP contribution in [-0.2, 0) is 11.2 Å². The molecule has 1 aromatic carbocycles. The van der Waals surface area contributed by atoms with Gasteiger partial charge in [-0.3, -0.25) is 4.79 Å². The van der Waals surface area contributed by atoms with Crippen LogP contribution in [0.15, 0.2) is 24.3 Å². The number of nitrogens with one attached hydrogen (secondary N) is 1. The van der Waals surface area contributed by atoms with E-state index in [1.807, 2.05) is 6.07 Å². The topological polar surface area (TPSA) is 29.1 Å². The minimum atomic E-state index is -0.235. The number of hydrogen-bond donors (Lipinski definition) is 1. The molecular formula is C15H16FNO. The number of benzene rings is 1. The Morgan fingerprint density at radius 1 is 1.33 bits per heavy atom. The van der Waals surface area contributed by atoms with Gasteiger partial charge in [-0.05, 0) is 60.9 Å². The first kappa shape index (κ1) is 11.5. The minimum absolute atomic E-state index is 0.0354. The third kappa shape index (κ3) is 2.17. The number of aryl methyl sites for hydroxylation is 1. The average molecular weight is 245 g/mol. The highest BCUT2D eigenvalue weighted by Crippen LogP contribution is 2.32. The summed E-state index contributed by atoms with van der Waals surface area (Å²) < 4.78 is 13.2. The first-order chi connectivity index (χ1) is 8.72. The fourth-order valence-electron chi connectivity index (χ4n) is 2.57. The van der Waals surface area contributed by atoms with Crippen molar-refractivity contribution in [3.63, 3.8) is 0 Å². The highest BCUT2D eigenvalue weighted by molar-refractivity contribution is 5.96. The van der Waals surface area contributed by atoms with Crippen LogP contribution in [0.4, 0.5) is 4.39 Å². The molecule has 3 heteroatoms. The van der Waals surface area contributed by atoms with Crippen molar-refractivity contribution in [1.29, 1.82) is 0 Å². The molecule has 1 N–H and O–H groups in total. The Bertz CT molecular complexity index is 517. The summed E-state index contributed by atoms with van der Waals surface area (Å²) in [7, 11) is 0. The molecule has 2 aliphatic rings. The largest absolute Gasteiger partial charge is 0.350 e. The van der Waals surface area contributed by atoms with Crippen LogP contribution in [0.25, 0.3) is 5.57 Å². The number of hydrogen-bond acceptors (Lipinski definition) is 1. The fourth-order valence-corrected chi connectivity index (χ4v) is 2.57. The highest BCUT2D eigenvalue weighted by atomic mass is 19.1. The van der Waals surface area contributed by atoms with Crippen LogP contribution in [0.1, 0.15) is 36.8 Å². The molecule has 18 heavy (non-hydrogen) atoms. The summed E-state index contributed by atoms with van der Waals surface area (Å²) in [5, 5.41) is 2.98. The third-order valence-corrected chi connectivity index (χ3v) is 3.84. The SMILES string of the molecule is O=C(/C=C1/CCc2ccc(F)cc21)NC1CCC1. The molecule has 0 aromatic heterocycles. The van der Waals surface area contributed by atoms with Gasteiger partial charge in [0.25, 0.3) is 0 Å². The average Bonchev–Trinajstić information content (AvgIpc) is 2.67. The number of amides is 1. The second kappa shape index (κ2) is 4.56. The van der Waals surface area contributed by atoms with Crippen molar-refractivity contribution in [2.75, 3.05) is 0 Å². The lowest BCUT2D eigenvalue weighted by Crippen LogP contribution is -2.38. The lowest BCUT2D eigenvalue weighted by Gasteiger charge is -2.25. The van der Waals surface area contributed by atoms with Gasteiger partial charge in [0.15, 0.2) is 0 Å². The van der Waals surface area contributed by atoms with Gasteiger partial charge >= 0.3 is 0 Å². The fraction of sp³-hybridized carbons (Fsp3) is 0.400. The molecular weight excluding hydrogens is 229 g/mol. The van der Waals surface area contributed by atoms with Crippen LogP contribution in [0.3, 0.4) is 0 Å². The second-order valence-corrected chi connectivity index (χ2v) is 5.11. The van der Waals surface area contributed by atoms with E-state index < -0.39 is 0 Å². The maximum Gasteiger partial charge on any atom is 0.244 e. The van der Waals surface area contributed by atoms with E-state index in [1.165, 1.54) is 18.6 Å². The maximum absolute atomic E-state index is 13.2. The van der Waals surface area contributed by atoms with Gasteiger partial charge in [-0.25, -0.2) is 4.39 Å². The van der Waals surface area contributed by atoms with E-state index >= 15 is 0 Å². The minimum Gasteiger partial charge on any atom is -0.350 e. The molecule has 1 aromatic rings. The summed E-state index contributed by atoms with van der Waals surface area (Å²) in [6.45, 7) is 0. The normalized spacial score (nSPS) is 20.6. The summed E-state index contributed by atoms with van der Waals surface area (Å²) >= 11 is 0. The van der Waals surface area contributed by atoms with Crippen LogP contribution < -0.4 is 5.32 Å². The highest BCUT2D eigenvalue weighted by Gasteiger charge is 2.21. The molecule has 0 unspecified atom stereocenters. The van der Waals surface area contributed by atoms with Crippen LogP contribution >= 0.6 is 0 Å². The third-order valence-electron chi connectivity index (χ3n) is 3.84. The van der Waals surface area contributed by atoms with Gasteiger partial charge in [0.1, 0.15) is 5.82 Å². The first-order valence-corrected chi connectivity index (χ1v) is 6.52. The van der Waals surface area contributed by atoms with Crippen molar-refractivity contribution in [1.82, 2.24) is 5.32 Å². The quantitative estimate of drug-likeness (QED) is 0.798. The molecule has 1 amide bonds. The molecule has 0 atom stereocenters. The molecule has 0 saturated heterocycles. The van der Waals surface area contributed by atoms with Crippen LogP contribution in [-0.4, -0.2) is 11.9 Å². The number of allylic oxidation sites excluding steroid dienone is 1. The standard InChI is InChI=1S/C15H16FNO/c16-12-7-6-10-4-5-11(14(10)9-12)8-15(18)17-13-2-1-3-13/h6-9,13H,1-5H2,(H,17,18)/b11-8-. The van der Waals surface area contributed by atoms with Crippen LogP contribution in [0.2, 0.25) is 0 Å². The Morgan fingerprint density at radius 3 is 2.89 bits per heavy atom. The Balaban J connectivity index is 1.77. The van der Waals surface area contributed by atoms with Crippen molar-refractivity contribution < 1.29 is 9.18 Å². The van der Waals surface area contributed by atoms with Gasteiger partial charge < -0.3 is 5.32 Å². The molecule has 0 spiro atoms. The number of rotatable bonds is 2. The van der Waals surface area contributed by atoms with E-state index in [-0.39, 0.29) is 11.7 Å². The van der Waals surface area contributed by atoms with Gasteiger partial charge in [0.05, 0.1) is 0 Å². The maximum atomic E-state index is 13.2. The van der Waals surface area contributed by atoms with Crippen molar-refractivity contribution >= 4 is 11.5 Å². The van der Waals surface area contributed by atoms with Crippen molar-refractivity contribution in [3.8, 4) is 0 Å². The predicted molar refractivity (Wildman–Crippen MR) is 68.5 cm³/mol. The van der Waals surface area contributed by atoms with Gasteiger partial charge in [-0.15, -0.1) is 0 Å². The molecule has 1 saturated carbocycles. The smallest absolute Gasteiger partial charge is 0.244 e. The Labute approximate surface area is 106 Å². The monoisotopic (exact) mass is 245 g/mol. The zero-order valence-corrected chi connectivity index (χ0v) is 10.2. The zero-order valence-electron chi connectivity index (χ0n) is 10.2. The van der Waals surface area contributed by atoms with Crippen LogP contribution in [0.5, 0.6) is 0 Å². The van der Waals surface area contributed by atoms with E-state index in [9.17, 15) is 9.18 Å². The Kier molecular flexibility index (Phi) is 2.90. The number of halogens is 1. The van der Waals surface area contributed by atoms with Crippen molar-refractivity contribution in [2.45, 2.75) is 38.1 Å². The number of fused-ring (bicyclic) bond motifs is 1. The zero-order chi connectivity index (χ0) is 12.5. The van der Waals surface area contributed by atoms with E-state index in [0.717, 1.165) is 42.4 Å². The van der Waals surface area contributed by atoms with Gasteiger partial charge in [-0.1, -0.05) is 6.07 Å². The molecule has 2 aliphatic carbocycles. The number of carbonyl (C=O) groups excluding carboxylic acids is 1. The summed E-state index contributed by atoms with van der Waals surface area (Å²) in [5.41, 5.74) is 3.00. The van der Waals surface area contributed by atoms with Crippen molar-refractivity contribution in [3.05, 3.63) is 41.2 Å². The molecule has 0 bridgehead atoms. The van der Waals surface area contributed by atoms with E-state index in [4.69, 9.17) is 0 Å². The van der Waals surface area contributed by atoms with Gasteiger partial charge in [-0.2, -0.15) is 0 Å². The lowest BCUT2D eigenvalue weighted by molar-refractivity contribution is -0.117. The molecule has 0 heterocycles.